The normalized spacial score (nSPS) is 13.7. The third kappa shape index (κ3) is 3.47. The summed E-state index contributed by atoms with van der Waals surface area (Å²) in [6.07, 6.45) is 0.560. The van der Waals surface area contributed by atoms with Crippen molar-refractivity contribution >= 4 is 0 Å². The van der Waals surface area contributed by atoms with Crippen molar-refractivity contribution in [3.8, 4) is 0 Å². The van der Waals surface area contributed by atoms with Crippen LogP contribution in [0, 0.1) is 11.7 Å². The van der Waals surface area contributed by atoms with Crippen LogP contribution in [0.25, 0.3) is 0 Å². The van der Waals surface area contributed by atoms with Crippen LogP contribution in [-0.4, -0.2) is 16.2 Å². The van der Waals surface area contributed by atoms with E-state index >= 15 is 0 Å². The van der Waals surface area contributed by atoms with Gasteiger partial charge < -0.3 is 10.3 Å². The highest BCUT2D eigenvalue weighted by Gasteiger charge is 2.29. The monoisotopic (exact) mass is 291 g/mol. The second-order valence-corrected chi connectivity index (χ2v) is 6.26. The predicted molar refractivity (Wildman–Crippen MR) is 79.3 cm³/mol. The van der Waals surface area contributed by atoms with E-state index in [0.717, 1.165) is 5.56 Å². The minimum absolute atomic E-state index is 0.00719. The van der Waals surface area contributed by atoms with Crippen LogP contribution in [0.5, 0.6) is 0 Å². The van der Waals surface area contributed by atoms with E-state index in [-0.39, 0.29) is 11.9 Å². The van der Waals surface area contributed by atoms with Crippen LogP contribution in [-0.2, 0) is 11.8 Å². The first-order chi connectivity index (χ1) is 9.80. The highest BCUT2D eigenvalue weighted by Crippen LogP contribution is 2.29. The Kier molecular flexibility index (Phi) is 4.42. The quantitative estimate of drug-likeness (QED) is 0.919. The van der Waals surface area contributed by atoms with E-state index in [4.69, 9.17) is 10.3 Å². The summed E-state index contributed by atoms with van der Waals surface area (Å²) in [5, 5.41) is 4.06. The molecule has 2 rings (SSSR count). The summed E-state index contributed by atoms with van der Waals surface area (Å²) in [6.45, 7) is 8.09. The first kappa shape index (κ1) is 15.6. The van der Waals surface area contributed by atoms with E-state index in [0.29, 0.717) is 24.1 Å². The number of rotatable bonds is 5. The Morgan fingerprint density at radius 1 is 1.24 bits per heavy atom. The minimum Gasteiger partial charge on any atom is -0.339 e. The highest BCUT2D eigenvalue weighted by molar-refractivity contribution is 5.30. The average molecular weight is 291 g/mol. The van der Waals surface area contributed by atoms with Crippen molar-refractivity contribution in [1.82, 2.24) is 10.1 Å². The lowest BCUT2D eigenvalue weighted by molar-refractivity contribution is 0.345. The number of nitrogens with zero attached hydrogens (tertiary/aromatic N) is 2. The maximum Gasteiger partial charge on any atom is 0.228 e. The van der Waals surface area contributed by atoms with Gasteiger partial charge >= 0.3 is 0 Å². The van der Waals surface area contributed by atoms with Gasteiger partial charge in [0.25, 0.3) is 0 Å². The van der Waals surface area contributed by atoms with Crippen molar-refractivity contribution in [1.29, 1.82) is 0 Å². The van der Waals surface area contributed by atoms with Gasteiger partial charge in [-0.25, -0.2) is 4.39 Å². The fourth-order valence-corrected chi connectivity index (χ4v) is 2.02. The summed E-state index contributed by atoms with van der Waals surface area (Å²) >= 11 is 0. The first-order valence-electron chi connectivity index (χ1n) is 7.15. The third-order valence-corrected chi connectivity index (χ3v) is 3.86. The van der Waals surface area contributed by atoms with E-state index < -0.39 is 5.41 Å². The van der Waals surface area contributed by atoms with E-state index in [1.807, 2.05) is 13.8 Å². The van der Waals surface area contributed by atoms with Crippen LogP contribution < -0.4 is 5.73 Å². The topological polar surface area (TPSA) is 64.9 Å². The highest BCUT2D eigenvalue weighted by atomic mass is 19.1. The number of hydrogen-bond donors (Lipinski definition) is 1. The molecule has 0 saturated carbocycles. The molecule has 1 heterocycles. The minimum atomic E-state index is -0.447. The van der Waals surface area contributed by atoms with Crippen molar-refractivity contribution in [3.63, 3.8) is 0 Å². The molecule has 2 N–H and O–H groups in total. The van der Waals surface area contributed by atoms with Gasteiger partial charge in [-0.1, -0.05) is 31.1 Å². The van der Waals surface area contributed by atoms with Gasteiger partial charge in [0.05, 0.1) is 5.41 Å². The molecule has 21 heavy (non-hydrogen) atoms. The Morgan fingerprint density at radius 3 is 2.43 bits per heavy atom. The molecule has 4 nitrogen and oxygen atoms in total. The zero-order chi connectivity index (χ0) is 15.6. The molecule has 114 valence electrons. The lowest BCUT2D eigenvalue weighted by Gasteiger charge is -2.20. The average Bonchev–Trinajstić information content (AvgIpc) is 2.88. The molecule has 0 bridgehead atoms. The molecule has 0 radical (unpaired) electrons. The van der Waals surface area contributed by atoms with E-state index in [1.165, 1.54) is 12.1 Å². The molecular formula is C16H22FN3O. The van der Waals surface area contributed by atoms with Gasteiger partial charge in [-0.15, -0.1) is 0 Å². The maximum atomic E-state index is 13.0. The summed E-state index contributed by atoms with van der Waals surface area (Å²) < 4.78 is 18.3. The standard InChI is InChI=1S/C16H22FN3O/c1-10(2)13(18)9-14-19-15(20-21-14)16(3,4)11-5-7-12(17)8-6-11/h5-8,10,13H,9,18H2,1-4H3. The van der Waals surface area contributed by atoms with Crippen molar-refractivity contribution in [3.05, 3.63) is 47.4 Å². The Morgan fingerprint density at radius 2 is 1.86 bits per heavy atom. The zero-order valence-electron chi connectivity index (χ0n) is 12.9. The Hall–Kier alpha value is -1.75. The van der Waals surface area contributed by atoms with Crippen molar-refractivity contribution in [2.24, 2.45) is 11.7 Å². The molecule has 0 fully saturated rings. The Bertz CT molecular complexity index is 590. The lowest BCUT2D eigenvalue weighted by atomic mass is 9.84. The molecule has 0 aliphatic carbocycles. The van der Waals surface area contributed by atoms with E-state index in [9.17, 15) is 4.39 Å². The maximum absolute atomic E-state index is 13.0. The molecule has 5 heteroatoms. The van der Waals surface area contributed by atoms with Crippen molar-refractivity contribution in [2.75, 3.05) is 0 Å². The van der Waals surface area contributed by atoms with Crippen LogP contribution in [0.15, 0.2) is 28.8 Å². The first-order valence-corrected chi connectivity index (χ1v) is 7.15. The van der Waals surface area contributed by atoms with Gasteiger partial charge in [-0.2, -0.15) is 4.98 Å². The van der Waals surface area contributed by atoms with Gasteiger partial charge in [0.15, 0.2) is 5.82 Å². The number of halogens is 1. The smallest absolute Gasteiger partial charge is 0.228 e. The number of aromatic nitrogens is 2. The summed E-state index contributed by atoms with van der Waals surface area (Å²) in [5.41, 5.74) is 6.51. The molecule has 0 spiro atoms. The fourth-order valence-electron chi connectivity index (χ4n) is 2.02. The van der Waals surface area contributed by atoms with Crippen LogP contribution in [0.3, 0.4) is 0 Å². The van der Waals surface area contributed by atoms with Crippen LogP contribution >= 0.6 is 0 Å². The molecule has 2 aromatic rings. The van der Waals surface area contributed by atoms with Gasteiger partial charge in [0.2, 0.25) is 5.89 Å². The number of nitrogens with two attached hydrogens (primary N) is 1. The third-order valence-electron chi connectivity index (χ3n) is 3.86. The molecule has 1 aromatic carbocycles. The number of hydrogen-bond acceptors (Lipinski definition) is 4. The van der Waals surface area contributed by atoms with Gasteiger partial charge in [0.1, 0.15) is 5.82 Å². The molecule has 1 atom stereocenters. The van der Waals surface area contributed by atoms with Crippen LogP contribution in [0.4, 0.5) is 4.39 Å². The van der Waals surface area contributed by atoms with Crippen LogP contribution in [0.2, 0.25) is 0 Å². The molecule has 0 aliphatic rings. The van der Waals surface area contributed by atoms with Gasteiger partial charge in [-0.05, 0) is 37.5 Å². The predicted octanol–water partition coefficient (Wildman–Crippen LogP) is 3.06. The second kappa shape index (κ2) is 5.93. The van der Waals surface area contributed by atoms with Gasteiger partial charge in [-0.3, -0.25) is 0 Å². The van der Waals surface area contributed by atoms with E-state index in [2.05, 4.69) is 24.0 Å². The second-order valence-electron chi connectivity index (χ2n) is 6.26. The summed E-state index contributed by atoms with van der Waals surface area (Å²) in [4.78, 5) is 4.45. The molecule has 0 saturated heterocycles. The SMILES string of the molecule is CC(C)C(N)Cc1nc(C(C)(C)c2ccc(F)cc2)no1. The molecule has 0 amide bonds. The molecular weight excluding hydrogens is 269 g/mol. The van der Waals surface area contributed by atoms with E-state index in [1.54, 1.807) is 12.1 Å². The summed E-state index contributed by atoms with van der Waals surface area (Å²) in [7, 11) is 0. The lowest BCUT2D eigenvalue weighted by Crippen LogP contribution is -2.29. The molecule has 1 aromatic heterocycles. The fraction of sp³-hybridized carbons (Fsp3) is 0.500. The molecule has 1 unspecified atom stereocenters. The number of benzene rings is 1. The van der Waals surface area contributed by atoms with Crippen LogP contribution in [0.1, 0.15) is 45.0 Å². The molecule has 0 aliphatic heterocycles. The summed E-state index contributed by atoms with van der Waals surface area (Å²) in [6, 6.07) is 6.35. The Balaban J connectivity index is 2.21. The Labute approximate surface area is 124 Å². The largest absolute Gasteiger partial charge is 0.339 e. The summed E-state index contributed by atoms with van der Waals surface area (Å²) in [5.74, 6) is 1.22. The van der Waals surface area contributed by atoms with Crippen molar-refractivity contribution in [2.45, 2.75) is 45.6 Å². The zero-order valence-corrected chi connectivity index (χ0v) is 12.9. The van der Waals surface area contributed by atoms with Crippen molar-refractivity contribution < 1.29 is 8.91 Å². The van der Waals surface area contributed by atoms with Gasteiger partial charge in [0, 0.05) is 12.5 Å².